The molecule has 3 N–H and O–H groups in total. The summed E-state index contributed by atoms with van der Waals surface area (Å²) in [6, 6.07) is 15.8. The van der Waals surface area contributed by atoms with Crippen LogP contribution in [-0.2, 0) is 11.3 Å². The molecule has 7 nitrogen and oxygen atoms in total. The number of hydrogen-bond donors (Lipinski definition) is 3. The van der Waals surface area contributed by atoms with E-state index in [1.807, 2.05) is 18.2 Å². The minimum atomic E-state index is -0.554. The maximum Gasteiger partial charge on any atom is 0.411 e. The number of methoxy groups -OCH3 is 1. The Hall–Kier alpha value is -3.61. The van der Waals surface area contributed by atoms with Crippen molar-refractivity contribution in [2.75, 3.05) is 12.4 Å². The third-order valence-electron chi connectivity index (χ3n) is 3.84. The minimum Gasteiger partial charge on any atom is -0.453 e. The molecule has 7 heteroatoms. The first-order valence-corrected chi connectivity index (χ1v) is 7.91. The quantitative estimate of drug-likeness (QED) is 0.673. The van der Waals surface area contributed by atoms with Crippen LogP contribution in [0.4, 0.5) is 10.5 Å². The van der Waals surface area contributed by atoms with E-state index in [-0.39, 0.29) is 12.1 Å². The van der Waals surface area contributed by atoms with E-state index in [1.54, 1.807) is 36.4 Å². The zero-order valence-corrected chi connectivity index (χ0v) is 14.0. The third kappa shape index (κ3) is 3.89. The van der Waals surface area contributed by atoms with Crippen LogP contribution in [0.25, 0.3) is 10.9 Å². The molecule has 3 aromatic rings. The summed E-state index contributed by atoms with van der Waals surface area (Å²) >= 11 is 0. The number of ether oxygens (including phenoxy) is 1. The smallest absolute Gasteiger partial charge is 0.411 e. The van der Waals surface area contributed by atoms with Crippen molar-refractivity contribution in [3.63, 3.8) is 0 Å². The van der Waals surface area contributed by atoms with Crippen LogP contribution >= 0.6 is 0 Å². The second-order valence-corrected chi connectivity index (χ2v) is 5.60. The van der Waals surface area contributed by atoms with E-state index in [2.05, 4.69) is 20.4 Å². The summed E-state index contributed by atoms with van der Waals surface area (Å²) in [5, 5.41) is 6.05. The first-order chi connectivity index (χ1) is 12.6. The standard InChI is InChI=1S/C19H17N3O4/c1-26-19(25)21-14-8-6-12(7-9-14)11-20-17(23)15-10-13-4-2-3-5-16(13)22-18(15)24/h2-10H,11H2,1H3,(H,20,23)(H,21,25)(H,22,24). The molecule has 132 valence electrons. The first-order valence-electron chi connectivity index (χ1n) is 7.91. The van der Waals surface area contributed by atoms with Gasteiger partial charge in [-0.1, -0.05) is 30.3 Å². The lowest BCUT2D eigenvalue weighted by Crippen LogP contribution is -2.29. The fourth-order valence-electron chi connectivity index (χ4n) is 2.47. The Bertz CT molecular complexity index is 1010. The van der Waals surface area contributed by atoms with Crippen LogP contribution in [0.3, 0.4) is 0 Å². The molecule has 0 radical (unpaired) electrons. The predicted molar refractivity (Wildman–Crippen MR) is 98.2 cm³/mol. The number of nitrogens with one attached hydrogen (secondary N) is 3. The normalized spacial score (nSPS) is 10.3. The maximum atomic E-state index is 12.3. The summed E-state index contributed by atoms with van der Waals surface area (Å²) in [5.41, 5.74) is 1.72. The molecule has 0 bridgehead atoms. The van der Waals surface area contributed by atoms with Crippen LogP contribution in [0, 0.1) is 0 Å². The van der Waals surface area contributed by atoms with Crippen molar-refractivity contribution in [1.82, 2.24) is 10.3 Å². The number of H-pyrrole nitrogens is 1. The van der Waals surface area contributed by atoms with Gasteiger partial charge in [-0.2, -0.15) is 0 Å². The Morgan fingerprint density at radius 3 is 2.54 bits per heavy atom. The Morgan fingerprint density at radius 2 is 1.81 bits per heavy atom. The lowest BCUT2D eigenvalue weighted by Gasteiger charge is -2.08. The van der Waals surface area contributed by atoms with Gasteiger partial charge < -0.3 is 15.0 Å². The molecule has 3 rings (SSSR count). The highest BCUT2D eigenvalue weighted by Gasteiger charge is 2.11. The van der Waals surface area contributed by atoms with Crippen LogP contribution in [0.5, 0.6) is 0 Å². The highest BCUT2D eigenvalue weighted by Crippen LogP contribution is 2.11. The molecule has 0 saturated heterocycles. The van der Waals surface area contributed by atoms with E-state index in [4.69, 9.17) is 0 Å². The molecule has 0 spiro atoms. The number of carbonyl (C=O) groups excluding carboxylic acids is 2. The number of hydrogen-bond acceptors (Lipinski definition) is 4. The molecular weight excluding hydrogens is 334 g/mol. The number of fused-ring (bicyclic) bond motifs is 1. The third-order valence-corrected chi connectivity index (χ3v) is 3.84. The molecule has 0 fully saturated rings. The van der Waals surface area contributed by atoms with Gasteiger partial charge >= 0.3 is 6.09 Å². The van der Waals surface area contributed by atoms with Crippen molar-refractivity contribution in [3.8, 4) is 0 Å². The topological polar surface area (TPSA) is 100 Å². The fraction of sp³-hybridized carbons (Fsp3) is 0.105. The van der Waals surface area contributed by atoms with Crippen LogP contribution in [-0.4, -0.2) is 24.1 Å². The number of rotatable bonds is 4. The molecule has 26 heavy (non-hydrogen) atoms. The molecule has 0 aliphatic carbocycles. The van der Waals surface area contributed by atoms with Crippen molar-refractivity contribution in [2.45, 2.75) is 6.54 Å². The molecule has 2 amide bonds. The number of anilines is 1. The summed E-state index contributed by atoms with van der Waals surface area (Å²) in [6.07, 6.45) is -0.554. The van der Waals surface area contributed by atoms with Crippen molar-refractivity contribution < 1.29 is 14.3 Å². The zero-order valence-electron chi connectivity index (χ0n) is 14.0. The highest BCUT2D eigenvalue weighted by atomic mass is 16.5. The van der Waals surface area contributed by atoms with E-state index in [0.29, 0.717) is 11.2 Å². The van der Waals surface area contributed by atoms with Gasteiger partial charge in [0.2, 0.25) is 0 Å². The molecule has 0 aliphatic rings. The average molecular weight is 351 g/mol. The minimum absolute atomic E-state index is 0.0627. The van der Waals surface area contributed by atoms with Crippen LogP contribution in [0.1, 0.15) is 15.9 Å². The monoisotopic (exact) mass is 351 g/mol. The van der Waals surface area contributed by atoms with E-state index < -0.39 is 17.6 Å². The Balaban J connectivity index is 1.68. The molecule has 1 aromatic heterocycles. The van der Waals surface area contributed by atoms with Gasteiger partial charge in [-0.05, 0) is 35.2 Å². The summed E-state index contributed by atoms with van der Waals surface area (Å²) in [4.78, 5) is 38.3. The van der Waals surface area contributed by atoms with Gasteiger partial charge in [-0.3, -0.25) is 14.9 Å². The second kappa shape index (κ2) is 7.52. The molecular formula is C19H17N3O4. The average Bonchev–Trinajstić information content (AvgIpc) is 2.66. The Labute approximate surface area is 149 Å². The van der Waals surface area contributed by atoms with Crippen LogP contribution in [0.2, 0.25) is 0 Å². The number of pyridine rings is 1. The van der Waals surface area contributed by atoms with E-state index >= 15 is 0 Å². The van der Waals surface area contributed by atoms with Crippen LogP contribution < -0.4 is 16.2 Å². The summed E-state index contributed by atoms with van der Waals surface area (Å²) in [5.74, 6) is -0.450. The van der Waals surface area contributed by atoms with Crippen molar-refractivity contribution in [1.29, 1.82) is 0 Å². The van der Waals surface area contributed by atoms with Gasteiger partial charge in [0.15, 0.2) is 0 Å². The van der Waals surface area contributed by atoms with Gasteiger partial charge in [0.05, 0.1) is 7.11 Å². The van der Waals surface area contributed by atoms with E-state index in [9.17, 15) is 14.4 Å². The van der Waals surface area contributed by atoms with Crippen molar-refractivity contribution in [2.24, 2.45) is 0 Å². The largest absolute Gasteiger partial charge is 0.453 e. The van der Waals surface area contributed by atoms with Gasteiger partial charge in [-0.15, -0.1) is 0 Å². The molecule has 0 aliphatic heterocycles. The lowest BCUT2D eigenvalue weighted by molar-refractivity contribution is 0.0949. The highest BCUT2D eigenvalue weighted by molar-refractivity contribution is 5.97. The number of amides is 2. The van der Waals surface area contributed by atoms with Gasteiger partial charge in [0.1, 0.15) is 5.56 Å². The Kier molecular flexibility index (Phi) is 4.98. The Morgan fingerprint density at radius 1 is 1.08 bits per heavy atom. The van der Waals surface area contributed by atoms with Gasteiger partial charge in [0, 0.05) is 17.7 Å². The maximum absolute atomic E-state index is 12.3. The van der Waals surface area contributed by atoms with Crippen molar-refractivity contribution in [3.05, 3.63) is 76.1 Å². The van der Waals surface area contributed by atoms with Crippen LogP contribution in [0.15, 0.2) is 59.4 Å². The molecule has 2 aromatic carbocycles. The van der Waals surface area contributed by atoms with Gasteiger partial charge in [-0.25, -0.2) is 4.79 Å². The predicted octanol–water partition coefficient (Wildman–Crippen LogP) is 2.64. The summed E-state index contributed by atoms with van der Waals surface area (Å²) < 4.78 is 4.51. The zero-order chi connectivity index (χ0) is 18.5. The second-order valence-electron chi connectivity index (χ2n) is 5.60. The molecule has 0 saturated carbocycles. The summed E-state index contributed by atoms with van der Waals surface area (Å²) in [6.45, 7) is 0.254. The van der Waals surface area contributed by atoms with E-state index in [1.165, 1.54) is 7.11 Å². The van der Waals surface area contributed by atoms with Gasteiger partial charge in [0.25, 0.3) is 11.5 Å². The number of aromatic nitrogens is 1. The first kappa shape index (κ1) is 17.2. The molecule has 1 heterocycles. The molecule has 0 atom stereocenters. The fourth-order valence-corrected chi connectivity index (χ4v) is 2.47. The number of para-hydroxylation sites is 1. The van der Waals surface area contributed by atoms with E-state index in [0.717, 1.165) is 10.9 Å². The number of aromatic amines is 1. The number of carbonyl (C=O) groups is 2. The lowest BCUT2D eigenvalue weighted by atomic mass is 10.1. The summed E-state index contributed by atoms with van der Waals surface area (Å²) in [7, 11) is 1.29. The number of benzene rings is 2. The molecule has 0 unspecified atom stereocenters. The van der Waals surface area contributed by atoms with Crippen molar-refractivity contribution >= 4 is 28.6 Å². The SMILES string of the molecule is COC(=O)Nc1ccc(CNC(=O)c2cc3ccccc3[nH]c2=O)cc1.